The van der Waals surface area contributed by atoms with Crippen LogP contribution < -0.4 is 10.6 Å². The van der Waals surface area contributed by atoms with E-state index in [1.807, 2.05) is 11.8 Å². The van der Waals surface area contributed by atoms with E-state index in [0.29, 0.717) is 37.4 Å². The van der Waals surface area contributed by atoms with Gasteiger partial charge in [0.25, 0.3) is 0 Å². The average molecular weight is 305 g/mol. The van der Waals surface area contributed by atoms with Crippen molar-refractivity contribution >= 4 is 32.2 Å². The van der Waals surface area contributed by atoms with Gasteiger partial charge in [0, 0.05) is 19.7 Å². The van der Waals surface area contributed by atoms with Gasteiger partial charge < -0.3 is 15.7 Å². The van der Waals surface area contributed by atoms with Gasteiger partial charge in [0.15, 0.2) is 15.7 Å². The molecule has 0 saturated heterocycles. The molecule has 1 saturated carbocycles. The number of hydrogen-bond acceptors (Lipinski definition) is 7. The first-order valence-corrected chi connectivity index (χ1v) is 8.69. The van der Waals surface area contributed by atoms with Crippen molar-refractivity contribution in [1.29, 1.82) is 0 Å². The molecule has 0 aromatic carbocycles. The number of anilines is 2. The lowest BCUT2D eigenvalue weighted by molar-refractivity contribution is 0.289. The zero-order valence-electron chi connectivity index (χ0n) is 10.9. The average Bonchev–Trinajstić information content (AvgIpc) is 3.15. The molecule has 6 nitrogen and oxygen atoms in total. The van der Waals surface area contributed by atoms with Gasteiger partial charge in [0.2, 0.25) is 0 Å². The number of nitrogens with zero attached hydrogens (tertiary/aromatic N) is 2. The summed E-state index contributed by atoms with van der Waals surface area (Å²) in [6.07, 6.45) is 2.01. The number of nitrogen functional groups attached to an aromatic ring is 1. The van der Waals surface area contributed by atoms with Crippen LogP contribution in [0.4, 0.5) is 10.8 Å². The molecule has 2 rings (SSSR count). The van der Waals surface area contributed by atoms with Crippen LogP contribution in [0.3, 0.4) is 0 Å². The molecular formula is C11H19N3O3S2. The molecule has 1 fully saturated rings. The first kappa shape index (κ1) is 14.5. The molecule has 0 aliphatic heterocycles. The van der Waals surface area contributed by atoms with Gasteiger partial charge in [-0.05, 0) is 37.7 Å². The highest BCUT2D eigenvalue weighted by Crippen LogP contribution is 2.42. The second-order valence-corrected chi connectivity index (χ2v) is 7.52. The summed E-state index contributed by atoms with van der Waals surface area (Å²) >= 11 is 1.12. The summed E-state index contributed by atoms with van der Waals surface area (Å²) in [5.41, 5.74) is 5.76. The Morgan fingerprint density at radius 2 is 2.21 bits per heavy atom. The van der Waals surface area contributed by atoms with Crippen LogP contribution in [0.5, 0.6) is 0 Å². The molecule has 0 spiro atoms. The number of hydrogen-bond donors (Lipinski definition) is 2. The van der Waals surface area contributed by atoms with Crippen LogP contribution in [0.2, 0.25) is 0 Å². The number of aliphatic hydroxyl groups excluding tert-OH is 1. The standard InChI is InChI=1S/C11H19N3O3S2/c1-2-14(6-3-7-15)11-9(10(12)13-18-11)19(16,17)8-4-5-8/h8,15H,2-7H2,1H3,(H2,12,13). The zero-order chi connectivity index (χ0) is 14.0. The third kappa shape index (κ3) is 2.85. The summed E-state index contributed by atoms with van der Waals surface area (Å²) in [7, 11) is -3.35. The molecule has 108 valence electrons. The lowest BCUT2D eigenvalue weighted by atomic mass is 10.4. The SMILES string of the molecule is CCN(CCCO)c1snc(N)c1S(=O)(=O)C1CC1. The fourth-order valence-electron chi connectivity index (χ4n) is 1.96. The second-order valence-electron chi connectivity index (χ2n) is 4.60. The van der Waals surface area contributed by atoms with E-state index in [1.165, 1.54) is 0 Å². The first-order chi connectivity index (χ1) is 9.02. The summed E-state index contributed by atoms with van der Waals surface area (Å²) in [6, 6.07) is 0. The number of rotatable bonds is 7. The Kier molecular flexibility index (Phi) is 4.32. The number of nitrogens with two attached hydrogens (primary N) is 1. The van der Waals surface area contributed by atoms with Crippen molar-refractivity contribution < 1.29 is 13.5 Å². The van der Waals surface area contributed by atoms with Gasteiger partial charge in [-0.3, -0.25) is 0 Å². The summed E-state index contributed by atoms with van der Waals surface area (Å²) in [4.78, 5) is 2.11. The van der Waals surface area contributed by atoms with E-state index in [1.54, 1.807) is 0 Å². The molecule has 0 bridgehead atoms. The van der Waals surface area contributed by atoms with E-state index >= 15 is 0 Å². The van der Waals surface area contributed by atoms with Crippen LogP contribution in [0, 0.1) is 0 Å². The van der Waals surface area contributed by atoms with Crippen molar-refractivity contribution in [3.8, 4) is 0 Å². The van der Waals surface area contributed by atoms with Gasteiger partial charge in [-0.1, -0.05) is 0 Å². The third-order valence-electron chi connectivity index (χ3n) is 3.16. The fraction of sp³-hybridized carbons (Fsp3) is 0.727. The highest BCUT2D eigenvalue weighted by Gasteiger charge is 2.41. The maximum Gasteiger partial charge on any atom is 0.187 e. The fourth-order valence-corrected chi connectivity index (χ4v) is 5.08. The van der Waals surface area contributed by atoms with Crippen molar-refractivity contribution in [3.05, 3.63) is 0 Å². The predicted octanol–water partition coefficient (Wildman–Crippen LogP) is 0.870. The molecule has 1 aliphatic rings. The van der Waals surface area contributed by atoms with Gasteiger partial charge in [0.05, 0.1) is 5.25 Å². The molecule has 0 radical (unpaired) electrons. The van der Waals surface area contributed by atoms with Crippen molar-refractivity contribution in [3.63, 3.8) is 0 Å². The summed E-state index contributed by atoms with van der Waals surface area (Å²) in [5, 5.41) is 9.23. The van der Waals surface area contributed by atoms with Gasteiger partial charge in [-0.2, -0.15) is 4.37 Å². The van der Waals surface area contributed by atoms with Crippen molar-refractivity contribution in [2.75, 3.05) is 30.3 Å². The molecule has 1 heterocycles. The van der Waals surface area contributed by atoms with Crippen LogP contribution in [0.15, 0.2) is 4.90 Å². The summed E-state index contributed by atoms with van der Waals surface area (Å²) < 4.78 is 28.8. The molecule has 0 amide bonds. The molecule has 19 heavy (non-hydrogen) atoms. The van der Waals surface area contributed by atoms with Crippen LogP contribution in [0.1, 0.15) is 26.2 Å². The topological polar surface area (TPSA) is 96.5 Å². The molecule has 1 aromatic heterocycles. The normalized spacial score (nSPS) is 15.7. The number of aliphatic hydroxyl groups is 1. The summed E-state index contributed by atoms with van der Waals surface area (Å²) in [5.74, 6) is 0.106. The molecule has 0 atom stereocenters. The van der Waals surface area contributed by atoms with Crippen LogP contribution in [-0.2, 0) is 9.84 Å². The molecule has 3 N–H and O–H groups in total. The van der Waals surface area contributed by atoms with Crippen LogP contribution in [-0.4, -0.2) is 42.8 Å². The minimum atomic E-state index is -3.35. The Balaban J connectivity index is 2.36. The minimum absolute atomic E-state index is 0.0789. The first-order valence-electron chi connectivity index (χ1n) is 6.37. The maximum atomic E-state index is 12.4. The number of sulfone groups is 1. The van der Waals surface area contributed by atoms with E-state index in [-0.39, 0.29) is 22.6 Å². The zero-order valence-corrected chi connectivity index (χ0v) is 12.5. The highest BCUT2D eigenvalue weighted by molar-refractivity contribution is 7.92. The highest BCUT2D eigenvalue weighted by atomic mass is 32.2. The summed E-state index contributed by atoms with van der Waals surface area (Å²) in [6.45, 7) is 3.28. The number of aromatic nitrogens is 1. The molecule has 1 aromatic rings. The Bertz CT molecular complexity index is 537. The van der Waals surface area contributed by atoms with E-state index in [2.05, 4.69) is 4.37 Å². The third-order valence-corrected chi connectivity index (χ3v) is 6.53. The lowest BCUT2D eigenvalue weighted by Crippen LogP contribution is -2.26. The lowest BCUT2D eigenvalue weighted by Gasteiger charge is -2.21. The van der Waals surface area contributed by atoms with Crippen LogP contribution in [0.25, 0.3) is 0 Å². The largest absolute Gasteiger partial charge is 0.396 e. The Labute approximate surface area is 117 Å². The van der Waals surface area contributed by atoms with Crippen molar-refractivity contribution in [1.82, 2.24) is 4.37 Å². The van der Waals surface area contributed by atoms with E-state index < -0.39 is 9.84 Å². The Hall–Kier alpha value is -0.860. The van der Waals surface area contributed by atoms with Crippen molar-refractivity contribution in [2.45, 2.75) is 36.3 Å². The quantitative estimate of drug-likeness (QED) is 0.776. The van der Waals surface area contributed by atoms with E-state index in [9.17, 15) is 8.42 Å². The van der Waals surface area contributed by atoms with Crippen LogP contribution >= 0.6 is 11.5 Å². The monoisotopic (exact) mass is 305 g/mol. The van der Waals surface area contributed by atoms with E-state index in [4.69, 9.17) is 10.8 Å². The van der Waals surface area contributed by atoms with Gasteiger partial charge in [-0.25, -0.2) is 8.42 Å². The van der Waals surface area contributed by atoms with Gasteiger partial charge in [0.1, 0.15) is 9.90 Å². The second kappa shape index (κ2) is 5.64. The minimum Gasteiger partial charge on any atom is -0.396 e. The van der Waals surface area contributed by atoms with E-state index in [0.717, 1.165) is 11.5 Å². The smallest absolute Gasteiger partial charge is 0.187 e. The van der Waals surface area contributed by atoms with Crippen molar-refractivity contribution in [2.24, 2.45) is 0 Å². The molecule has 8 heteroatoms. The Morgan fingerprint density at radius 3 is 2.74 bits per heavy atom. The Morgan fingerprint density at radius 1 is 1.53 bits per heavy atom. The van der Waals surface area contributed by atoms with Gasteiger partial charge in [-0.15, -0.1) is 0 Å². The molecule has 1 aliphatic carbocycles. The molecule has 0 unspecified atom stereocenters. The predicted molar refractivity (Wildman–Crippen MR) is 76.3 cm³/mol. The maximum absolute atomic E-state index is 12.4. The molecular weight excluding hydrogens is 286 g/mol. The van der Waals surface area contributed by atoms with Gasteiger partial charge >= 0.3 is 0 Å².